The minimum Gasteiger partial charge on any atom is -0.399 e. The molecule has 0 aliphatic heterocycles. The van der Waals surface area contributed by atoms with Gasteiger partial charge in [0.15, 0.2) is 0 Å². The summed E-state index contributed by atoms with van der Waals surface area (Å²) in [6, 6.07) is 11.0. The summed E-state index contributed by atoms with van der Waals surface area (Å²) in [5, 5.41) is 2.98. The minimum atomic E-state index is -0.526. The molecule has 0 fully saturated rings. The third-order valence-electron chi connectivity index (χ3n) is 2.57. The molecule has 98 valence electrons. The van der Waals surface area contributed by atoms with Crippen molar-refractivity contribution >= 4 is 28.9 Å². The van der Waals surface area contributed by atoms with Gasteiger partial charge in [-0.1, -0.05) is 29.8 Å². The van der Waals surface area contributed by atoms with Gasteiger partial charge in [-0.3, -0.25) is 4.79 Å². The van der Waals surface area contributed by atoms with E-state index in [0.717, 1.165) is 0 Å². The van der Waals surface area contributed by atoms with Gasteiger partial charge in [0.25, 0.3) is 0 Å². The van der Waals surface area contributed by atoms with Crippen LogP contribution < -0.4 is 11.1 Å². The number of nitrogens with one attached hydrogen (secondary N) is 1. The van der Waals surface area contributed by atoms with E-state index in [4.69, 9.17) is 17.3 Å². The number of halogens is 2. The highest BCUT2D eigenvalue weighted by molar-refractivity contribution is 6.31. The Bertz CT molecular complexity index is 616. The van der Waals surface area contributed by atoms with E-state index in [1.54, 1.807) is 24.3 Å². The first kappa shape index (κ1) is 13.4. The molecular weight excluding hydrogens is 267 g/mol. The first-order valence-corrected chi connectivity index (χ1v) is 6.02. The molecule has 0 atom stereocenters. The van der Waals surface area contributed by atoms with Gasteiger partial charge in [0, 0.05) is 10.7 Å². The van der Waals surface area contributed by atoms with Crippen molar-refractivity contribution in [2.75, 3.05) is 11.1 Å². The summed E-state index contributed by atoms with van der Waals surface area (Å²) < 4.78 is 13.5. The Balaban J connectivity index is 2.10. The summed E-state index contributed by atoms with van der Waals surface area (Å²) in [7, 11) is 0. The maximum absolute atomic E-state index is 13.5. The molecule has 2 aromatic carbocycles. The van der Waals surface area contributed by atoms with Gasteiger partial charge in [-0.15, -0.1) is 0 Å². The molecule has 1 amide bonds. The van der Waals surface area contributed by atoms with Crippen LogP contribution in [0.3, 0.4) is 0 Å². The summed E-state index contributed by atoms with van der Waals surface area (Å²) in [4.78, 5) is 11.8. The minimum absolute atomic E-state index is 0.0667. The number of carbonyl (C=O) groups is 1. The Labute approximate surface area is 115 Å². The first-order valence-electron chi connectivity index (χ1n) is 5.64. The molecule has 2 aromatic rings. The Hall–Kier alpha value is -2.07. The third kappa shape index (κ3) is 3.45. The molecule has 5 heteroatoms. The number of hydrogen-bond acceptors (Lipinski definition) is 2. The highest BCUT2D eigenvalue weighted by atomic mass is 35.5. The lowest BCUT2D eigenvalue weighted by molar-refractivity contribution is -0.115. The lowest BCUT2D eigenvalue weighted by Gasteiger charge is -2.08. The smallest absolute Gasteiger partial charge is 0.228 e. The number of carbonyl (C=O) groups excluding carboxylic acids is 1. The number of benzene rings is 2. The van der Waals surface area contributed by atoms with E-state index in [2.05, 4.69) is 5.32 Å². The van der Waals surface area contributed by atoms with E-state index < -0.39 is 5.82 Å². The van der Waals surface area contributed by atoms with Crippen molar-refractivity contribution in [3.63, 3.8) is 0 Å². The molecule has 0 radical (unpaired) electrons. The molecule has 19 heavy (non-hydrogen) atoms. The van der Waals surface area contributed by atoms with Crippen LogP contribution in [0, 0.1) is 5.82 Å². The second-order valence-electron chi connectivity index (χ2n) is 4.06. The summed E-state index contributed by atoms with van der Waals surface area (Å²) in [5.74, 6) is -0.876. The fourth-order valence-electron chi connectivity index (χ4n) is 1.65. The molecule has 0 unspecified atom stereocenters. The van der Waals surface area contributed by atoms with Crippen molar-refractivity contribution in [2.24, 2.45) is 0 Å². The average Bonchev–Trinajstić information content (AvgIpc) is 2.37. The van der Waals surface area contributed by atoms with Gasteiger partial charge in [0.1, 0.15) is 5.82 Å². The van der Waals surface area contributed by atoms with Gasteiger partial charge < -0.3 is 11.1 Å². The monoisotopic (exact) mass is 278 g/mol. The van der Waals surface area contributed by atoms with E-state index in [0.29, 0.717) is 16.3 Å². The zero-order valence-electron chi connectivity index (χ0n) is 9.99. The summed E-state index contributed by atoms with van der Waals surface area (Å²) in [6.07, 6.45) is 0.0773. The molecule has 3 N–H and O–H groups in total. The van der Waals surface area contributed by atoms with Crippen LogP contribution in [0.25, 0.3) is 0 Å². The van der Waals surface area contributed by atoms with Gasteiger partial charge in [0.05, 0.1) is 12.1 Å². The predicted molar refractivity (Wildman–Crippen MR) is 74.6 cm³/mol. The molecule has 0 spiro atoms. The van der Waals surface area contributed by atoms with E-state index in [-0.39, 0.29) is 18.0 Å². The Morgan fingerprint density at radius 3 is 2.74 bits per heavy atom. The predicted octanol–water partition coefficient (Wildman–Crippen LogP) is 3.24. The van der Waals surface area contributed by atoms with Crippen molar-refractivity contribution in [3.8, 4) is 0 Å². The zero-order valence-corrected chi connectivity index (χ0v) is 10.7. The number of anilines is 2. The Morgan fingerprint density at radius 1 is 1.26 bits per heavy atom. The molecular formula is C14H12ClFN2O. The van der Waals surface area contributed by atoms with Gasteiger partial charge in [-0.25, -0.2) is 4.39 Å². The molecule has 0 aliphatic carbocycles. The maximum Gasteiger partial charge on any atom is 0.228 e. The normalized spacial score (nSPS) is 10.2. The van der Waals surface area contributed by atoms with Gasteiger partial charge >= 0.3 is 0 Å². The second kappa shape index (κ2) is 5.71. The number of nitrogen functional groups attached to an aromatic ring is 1. The van der Waals surface area contributed by atoms with Crippen molar-refractivity contribution in [1.82, 2.24) is 0 Å². The third-order valence-corrected chi connectivity index (χ3v) is 2.94. The van der Waals surface area contributed by atoms with Gasteiger partial charge in [0.2, 0.25) is 5.91 Å². The first-order chi connectivity index (χ1) is 9.06. The van der Waals surface area contributed by atoms with Crippen LogP contribution in [0.4, 0.5) is 15.8 Å². The highest BCUT2D eigenvalue weighted by Crippen LogP contribution is 2.19. The molecule has 0 saturated heterocycles. The lowest BCUT2D eigenvalue weighted by atomic mass is 10.1. The van der Waals surface area contributed by atoms with E-state index in [1.807, 2.05) is 0 Å². The van der Waals surface area contributed by atoms with Crippen LogP contribution in [-0.4, -0.2) is 5.91 Å². The van der Waals surface area contributed by atoms with Crippen molar-refractivity contribution in [3.05, 3.63) is 58.9 Å². The largest absolute Gasteiger partial charge is 0.399 e. The SMILES string of the molecule is Nc1ccc(F)c(NC(=O)Cc2ccccc2Cl)c1. The van der Waals surface area contributed by atoms with Crippen molar-refractivity contribution < 1.29 is 9.18 Å². The summed E-state index contributed by atoms with van der Waals surface area (Å²) in [6.45, 7) is 0. The summed E-state index contributed by atoms with van der Waals surface area (Å²) in [5.41, 5.74) is 6.68. The van der Waals surface area contributed by atoms with Crippen LogP contribution in [-0.2, 0) is 11.2 Å². The lowest BCUT2D eigenvalue weighted by Crippen LogP contribution is -2.15. The molecule has 0 aliphatic rings. The maximum atomic E-state index is 13.5. The molecule has 0 saturated carbocycles. The fourth-order valence-corrected chi connectivity index (χ4v) is 1.85. The molecule has 2 rings (SSSR count). The van der Waals surface area contributed by atoms with E-state index in [9.17, 15) is 9.18 Å². The highest BCUT2D eigenvalue weighted by Gasteiger charge is 2.09. The van der Waals surface area contributed by atoms with Crippen LogP contribution in [0.2, 0.25) is 5.02 Å². The van der Waals surface area contributed by atoms with Crippen LogP contribution in [0.15, 0.2) is 42.5 Å². The second-order valence-corrected chi connectivity index (χ2v) is 4.46. The number of amides is 1. The summed E-state index contributed by atoms with van der Waals surface area (Å²) >= 11 is 5.95. The van der Waals surface area contributed by atoms with Crippen molar-refractivity contribution in [2.45, 2.75) is 6.42 Å². The number of rotatable bonds is 3. The molecule has 0 heterocycles. The van der Waals surface area contributed by atoms with E-state index in [1.165, 1.54) is 18.2 Å². The molecule has 3 nitrogen and oxygen atoms in total. The van der Waals surface area contributed by atoms with Gasteiger partial charge in [-0.2, -0.15) is 0 Å². The molecule has 0 bridgehead atoms. The fraction of sp³-hybridized carbons (Fsp3) is 0.0714. The van der Waals surface area contributed by atoms with Crippen LogP contribution in [0.5, 0.6) is 0 Å². The van der Waals surface area contributed by atoms with E-state index >= 15 is 0 Å². The Kier molecular flexibility index (Phi) is 4.02. The van der Waals surface area contributed by atoms with Crippen molar-refractivity contribution in [1.29, 1.82) is 0 Å². The number of hydrogen-bond donors (Lipinski definition) is 2. The van der Waals surface area contributed by atoms with Crippen LogP contribution in [0.1, 0.15) is 5.56 Å². The molecule has 0 aromatic heterocycles. The average molecular weight is 279 g/mol. The van der Waals surface area contributed by atoms with Gasteiger partial charge in [-0.05, 0) is 29.8 Å². The Morgan fingerprint density at radius 2 is 2.00 bits per heavy atom. The zero-order chi connectivity index (χ0) is 13.8. The topological polar surface area (TPSA) is 55.1 Å². The van der Waals surface area contributed by atoms with Crippen LogP contribution >= 0.6 is 11.6 Å². The standard InChI is InChI=1S/C14H12ClFN2O/c15-11-4-2-1-3-9(11)7-14(19)18-13-8-10(17)5-6-12(13)16/h1-6,8H,7,17H2,(H,18,19). The quantitative estimate of drug-likeness (QED) is 0.847. The number of nitrogens with two attached hydrogens (primary N) is 1.